The van der Waals surface area contributed by atoms with Crippen molar-refractivity contribution in [3.8, 4) is 0 Å². The SMILES string of the molecule is O=c1c(Nc2ccccc2)c(Nc2ccncc2)c1=O. The van der Waals surface area contributed by atoms with Crippen molar-refractivity contribution < 1.29 is 0 Å². The average molecular weight is 265 g/mol. The lowest BCUT2D eigenvalue weighted by Gasteiger charge is -2.14. The van der Waals surface area contributed by atoms with Gasteiger partial charge in [0.25, 0.3) is 10.9 Å². The van der Waals surface area contributed by atoms with E-state index in [0.29, 0.717) is 5.69 Å². The van der Waals surface area contributed by atoms with Crippen molar-refractivity contribution in [2.24, 2.45) is 0 Å². The molecule has 0 saturated carbocycles. The molecule has 0 fully saturated rings. The van der Waals surface area contributed by atoms with Gasteiger partial charge >= 0.3 is 0 Å². The molecule has 0 saturated heterocycles. The Morgan fingerprint density at radius 3 is 1.75 bits per heavy atom. The van der Waals surface area contributed by atoms with Crippen LogP contribution in [0.2, 0.25) is 0 Å². The predicted octanol–water partition coefficient (Wildman–Crippen LogP) is 2.16. The topological polar surface area (TPSA) is 71.1 Å². The normalized spacial score (nSPS) is 10.4. The molecule has 98 valence electrons. The van der Waals surface area contributed by atoms with Crippen LogP contribution in [-0.4, -0.2) is 4.98 Å². The molecule has 0 bridgehead atoms. The van der Waals surface area contributed by atoms with Crippen molar-refractivity contribution >= 4 is 22.7 Å². The first-order valence-electron chi connectivity index (χ1n) is 6.08. The van der Waals surface area contributed by atoms with Gasteiger partial charge in [-0.1, -0.05) is 18.2 Å². The Balaban J connectivity index is 1.88. The van der Waals surface area contributed by atoms with Gasteiger partial charge in [0.1, 0.15) is 11.4 Å². The molecule has 0 amide bonds. The zero-order valence-corrected chi connectivity index (χ0v) is 10.5. The van der Waals surface area contributed by atoms with Gasteiger partial charge in [0, 0.05) is 23.8 Å². The van der Waals surface area contributed by atoms with Gasteiger partial charge in [-0.2, -0.15) is 0 Å². The van der Waals surface area contributed by atoms with Crippen LogP contribution in [0, 0.1) is 0 Å². The highest BCUT2D eigenvalue weighted by Gasteiger charge is 2.20. The van der Waals surface area contributed by atoms with E-state index in [0.717, 1.165) is 5.69 Å². The maximum Gasteiger partial charge on any atom is 0.253 e. The minimum absolute atomic E-state index is 0.282. The van der Waals surface area contributed by atoms with Crippen LogP contribution in [0.1, 0.15) is 0 Å². The monoisotopic (exact) mass is 265 g/mol. The van der Waals surface area contributed by atoms with Crippen molar-refractivity contribution in [3.05, 3.63) is 75.3 Å². The Hall–Kier alpha value is -2.95. The summed E-state index contributed by atoms with van der Waals surface area (Å²) < 4.78 is 0. The van der Waals surface area contributed by atoms with Gasteiger partial charge in [0.15, 0.2) is 0 Å². The zero-order chi connectivity index (χ0) is 13.9. The maximum atomic E-state index is 11.6. The molecule has 1 aromatic heterocycles. The molecule has 0 unspecified atom stereocenters. The van der Waals surface area contributed by atoms with Crippen molar-refractivity contribution in [2.75, 3.05) is 10.6 Å². The fraction of sp³-hybridized carbons (Fsp3) is 0. The largest absolute Gasteiger partial charge is 0.350 e. The van der Waals surface area contributed by atoms with Gasteiger partial charge in [0.2, 0.25) is 0 Å². The number of para-hydroxylation sites is 1. The van der Waals surface area contributed by atoms with Crippen molar-refractivity contribution in [2.45, 2.75) is 0 Å². The van der Waals surface area contributed by atoms with E-state index in [-0.39, 0.29) is 11.4 Å². The van der Waals surface area contributed by atoms with Crippen LogP contribution >= 0.6 is 0 Å². The van der Waals surface area contributed by atoms with E-state index in [1.807, 2.05) is 30.3 Å². The third kappa shape index (κ3) is 2.16. The summed E-state index contributed by atoms with van der Waals surface area (Å²) in [4.78, 5) is 27.2. The minimum Gasteiger partial charge on any atom is -0.350 e. The number of nitrogens with zero attached hydrogens (tertiary/aromatic N) is 1. The summed E-state index contributed by atoms with van der Waals surface area (Å²) in [6, 6.07) is 12.7. The summed E-state index contributed by atoms with van der Waals surface area (Å²) in [7, 11) is 0. The van der Waals surface area contributed by atoms with Crippen LogP contribution in [0.15, 0.2) is 64.4 Å². The molecule has 20 heavy (non-hydrogen) atoms. The molecule has 0 aliphatic carbocycles. The lowest BCUT2D eigenvalue weighted by Crippen LogP contribution is -2.35. The maximum absolute atomic E-state index is 11.6. The number of aromatic nitrogens is 1. The van der Waals surface area contributed by atoms with Crippen LogP contribution in [0.25, 0.3) is 0 Å². The quantitative estimate of drug-likeness (QED) is 0.707. The van der Waals surface area contributed by atoms with Crippen LogP contribution in [0.5, 0.6) is 0 Å². The minimum atomic E-state index is -0.514. The van der Waals surface area contributed by atoms with Crippen molar-refractivity contribution in [1.82, 2.24) is 4.98 Å². The standard InChI is InChI=1S/C15H11N3O2/c19-14-12(17-10-4-2-1-3-5-10)13(15(14)20)18-11-6-8-16-9-7-11/h1-9,17H,(H,16,18). The summed E-state index contributed by atoms with van der Waals surface area (Å²) >= 11 is 0. The number of pyridine rings is 1. The summed E-state index contributed by atoms with van der Waals surface area (Å²) in [5.74, 6) is 0. The first-order valence-corrected chi connectivity index (χ1v) is 6.08. The molecule has 2 N–H and O–H groups in total. The molecule has 3 rings (SSSR count). The van der Waals surface area contributed by atoms with E-state index in [9.17, 15) is 9.59 Å². The van der Waals surface area contributed by atoms with Gasteiger partial charge in [-0.3, -0.25) is 14.6 Å². The third-order valence-corrected chi connectivity index (χ3v) is 2.90. The predicted molar refractivity (Wildman–Crippen MR) is 78.6 cm³/mol. The highest BCUT2D eigenvalue weighted by Crippen LogP contribution is 2.23. The number of hydrogen-bond acceptors (Lipinski definition) is 5. The molecule has 0 aliphatic rings. The second-order valence-corrected chi connectivity index (χ2v) is 4.26. The fourth-order valence-corrected chi connectivity index (χ4v) is 1.88. The molecular weight excluding hydrogens is 254 g/mol. The Morgan fingerprint density at radius 1 is 0.700 bits per heavy atom. The molecular formula is C15H11N3O2. The number of anilines is 4. The summed E-state index contributed by atoms with van der Waals surface area (Å²) in [6.45, 7) is 0. The molecule has 5 heteroatoms. The third-order valence-electron chi connectivity index (χ3n) is 2.90. The number of benzene rings is 1. The van der Waals surface area contributed by atoms with Gasteiger partial charge in [-0.25, -0.2) is 0 Å². The van der Waals surface area contributed by atoms with Crippen LogP contribution in [-0.2, 0) is 0 Å². The molecule has 0 spiro atoms. The number of hydrogen-bond donors (Lipinski definition) is 2. The summed E-state index contributed by atoms with van der Waals surface area (Å²) in [6.07, 6.45) is 3.22. The molecule has 0 radical (unpaired) electrons. The average Bonchev–Trinajstić information content (AvgIpc) is 2.52. The lowest BCUT2D eigenvalue weighted by atomic mass is 10.1. The van der Waals surface area contributed by atoms with E-state index in [1.54, 1.807) is 24.5 Å². The van der Waals surface area contributed by atoms with Crippen molar-refractivity contribution in [1.29, 1.82) is 0 Å². The molecule has 3 aromatic rings. The Kier molecular flexibility index (Phi) is 3.01. The Morgan fingerprint density at radius 2 is 1.20 bits per heavy atom. The van der Waals surface area contributed by atoms with E-state index in [2.05, 4.69) is 15.6 Å². The van der Waals surface area contributed by atoms with E-state index < -0.39 is 10.9 Å². The smallest absolute Gasteiger partial charge is 0.253 e. The number of nitrogens with one attached hydrogen (secondary N) is 2. The van der Waals surface area contributed by atoms with Gasteiger partial charge in [-0.05, 0) is 24.3 Å². The lowest BCUT2D eigenvalue weighted by molar-refractivity contribution is 1.31. The van der Waals surface area contributed by atoms with E-state index >= 15 is 0 Å². The van der Waals surface area contributed by atoms with Crippen LogP contribution < -0.4 is 21.5 Å². The van der Waals surface area contributed by atoms with Gasteiger partial charge in [0.05, 0.1) is 0 Å². The molecule has 0 atom stereocenters. The molecule has 1 heterocycles. The summed E-state index contributed by atoms with van der Waals surface area (Å²) in [5, 5.41) is 5.90. The van der Waals surface area contributed by atoms with E-state index in [1.165, 1.54) is 0 Å². The second kappa shape index (κ2) is 4.97. The number of rotatable bonds is 4. The Bertz CT molecular complexity index is 722. The summed E-state index contributed by atoms with van der Waals surface area (Å²) in [5.41, 5.74) is 1.02. The van der Waals surface area contributed by atoms with Crippen LogP contribution in [0.4, 0.5) is 22.7 Å². The zero-order valence-electron chi connectivity index (χ0n) is 10.5. The Labute approximate surface area is 114 Å². The second-order valence-electron chi connectivity index (χ2n) is 4.26. The first kappa shape index (κ1) is 12.1. The van der Waals surface area contributed by atoms with Crippen LogP contribution in [0.3, 0.4) is 0 Å². The van der Waals surface area contributed by atoms with Gasteiger partial charge < -0.3 is 10.6 Å². The fourth-order valence-electron chi connectivity index (χ4n) is 1.88. The van der Waals surface area contributed by atoms with Crippen molar-refractivity contribution in [3.63, 3.8) is 0 Å². The molecule has 5 nitrogen and oxygen atoms in total. The first-order chi connectivity index (χ1) is 9.75. The highest BCUT2D eigenvalue weighted by atomic mass is 16.2. The molecule has 0 aliphatic heterocycles. The highest BCUT2D eigenvalue weighted by molar-refractivity contribution is 5.81. The van der Waals surface area contributed by atoms with Gasteiger partial charge in [-0.15, -0.1) is 0 Å². The molecule has 2 aromatic carbocycles. The van der Waals surface area contributed by atoms with E-state index in [4.69, 9.17) is 0 Å².